The van der Waals surface area contributed by atoms with Gasteiger partial charge >= 0.3 is 11.1 Å². The molecule has 0 saturated carbocycles. The Balaban J connectivity index is 1.55. The average Bonchev–Trinajstić information content (AvgIpc) is 3.20. The zero-order valence-corrected chi connectivity index (χ0v) is 14.5. The van der Waals surface area contributed by atoms with Crippen molar-refractivity contribution in [3.05, 3.63) is 89.2 Å². The van der Waals surface area contributed by atoms with Crippen molar-refractivity contribution in [1.29, 1.82) is 0 Å². The summed E-state index contributed by atoms with van der Waals surface area (Å²) in [5.41, 5.74) is 2.25. The number of aromatic amines is 1. The van der Waals surface area contributed by atoms with Gasteiger partial charge in [-0.05, 0) is 41.1 Å². The van der Waals surface area contributed by atoms with Crippen LogP contribution in [-0.4, -0.2) is 10.2 Å². The summed E-state index contributed by atoms with van der Waals surface area (Å²) in [4.78, 5) is 3.31. The van der Waals surface area contributed by atoms with Gasteiger partial charge in [0.1, 0.15) is 0 Å². The third-order valence-electron chi connectivity index (χ3n) is 4.42. The van der Waals surface area contributed by atoms with Gasteiger partial charge in [0.05, 0.1) is 6.61 Å². The summed E-state index contributed by atoms with van der Waals surface area (Å²) in [5, 5.41) is -3.11. The number of fused-ring (bicyclic) bond motifs is 1. The van der Waals surface area contributed by atoms with Crippen LogP contribution < -0.4 is 0 Å². The van der Waals surface area contributed by atoms with Gasteiger partial charge in [0, 0.05) is 28.8 Å². The van der Waals surface area contributed by atoms with Crippen molar-refractivity contribution in [3.8, 4) is 0 Å². The SMILES string of the molecule is FC1(OCc2ccccc2Cc2ccc[nH]2)Sc2ccccc2C1(F)F. The molecule has 2 aromatic carbocycles. The van der Waals surface area contributed by atoms with Crippen LogP contribution in [0.5, 0.6) is 0 Å². The molecule has 0 fully saturated rings. The fraction of sp³-hybridized carbons (Fsp3) is 0.200. The van der Waals surface area contributed by atoms with Crippen LogP contribution in [0.3, 0.4) is 0 Å². The van der Waals surface area contributed by atoms with Gasteiger partial charge in [-0.15, -0.1) is 0 Å². The highest BCUT2D eigenvalue weighted by Crippen LogP contribution is 2.60. The lowest BCUT2D eigenvalue weighted by molar-refractivity contribution is -0.229. The van der Waals surface area contributed by atoms with Crippen molar-refractivity contribution in [3.63, 3.8) is 0 Å². The Hall–Kier alpha value is -2.18. The van der Waals surface area contributed by atoms with E-state index in [1.54, 1.807) is 18.2 Å². The summed E-state index contributed by atoms with van der Waals surface area (Å²) in [7, 11) is 0. The zero-order valence-electron chi connectivity index (χ0n) is 13.7. The van der Waals surface area contributed by atoms with Crippen LogP contribution in [-0.2, 0) is 23.7 Å². The van der Waals surface area contributed by atoms with E-state index in [2.05, 4.69) is 4.98 Å². The summed E-state index contributed by atoms with van der Waals surface area (Å²) < 4.78 is 49.4. The molecule has 1 atom stereocenters. The number of alkyl halides is 3. The lowest BCUT2D eigenvalue weighted by atomic mass is 10.0. The Morgan fingerprint density at radius 1 is 0.885 bits per heavy atom. The summed E-state index contributed by atoms with van der Waals surface area (Å²) in [6.45, 7) is -0.232. The van der Waals surface area contributed by atoms with Crippen LogP contribution >= 0.6 is 11.8 Å². The first-order valence-corrected chi connectivity index (χ1v) is 8.99. The molecule has 0 aliphatic carbocycles. The molecular formula is C20H16F3NOS. The minimum absolute atomic E-state index is 0.208. The van der Waals surface area contributed by atoms with Gasteiger partial charge in [0.15, 0.2) is 0 Å². The fourth-order valence-corrected chi connectivity index (χ4v) is 4.12. The van der Waals surface area contributed by atoms with E-state index < -0.39 is 11.1 Å². The van der Waals surface area contributed by atoms with E-state index in [9.17, 15) is 8.78 Å². The topological polar surface area (TPSA) is 25.0 Å². The Kier molecular flexibility index (Phi) is 4.32. The molecule has 0 amide bonds. The molecule has 0 spiro atoms. The molecule has 4 rings (SSSR count). The van der Waals surface area contributed by atoms with Gasteiger partial charge in [-0.25, -0.2) is 0 Å². The number of hydrogen-bond acceptors (Lipinski definition) is 2. The molecule has 1 unspecified atom stereocenters. The molecule has 134 valence electrons. The molecule has 1 aliphatic rings. The van der Waals surface area contributed by atoms with Crippen molar-refractivity contribution in [1.82, 2.24) is 4.98 Å². The van der Waals surface area contributed by atoms with E-state index in [-0.39, 0.29) is 17.1 Å². The maximum atomic E-state index is 15.1. The largest absolute Gasteiger partial charge is 0.365 e. The minimum Gasteiger partial charge on any atom is -0.365 e. The molecule has 1 N–H and O–H groups in total. The molecule has 3 aromatic rings. The maximum Gasteiger partial charge on any atom is 0.342 e. The van der Waals surface area contributed by atoms with E-state index in [4.69, 9.17) is 4.74 Å². The summed E-state index contributed by atoms with van der Waals surface area (Å²) in [5.74, 6) is -3.71. The van der Waals surface area contributed by atoms with Crippen molar-refractivity contribution in [2.45, 2.75) is 29.0 Å². The first-order valence-electron chi connectivity index (χ1n) is 8.18. The van der Waals surface area contributed by atoms with Crippen LogP contribution in [0.25, 0.3) is 0 Å². The standard InChI is InChI=1S/C20H16F3NOS/c21-19(22)17-9-3-4-10-18(17)26-20(19,23)25-13-15-7-2-1-6-14(15)12-16-8-5-11-24-16/h1-11,24H,12-13H2. The van der Waals surface area contributed by atoms with E-state index in [0.29, 0.717) is 23.7 Å². The van der Waals surface area contributed by atoms with Crippen LogP contribution in [0.15, 0.2) is 71.8 Å². The van der Waals surface area contributed by atoms with Gasteiger partial charge in [0.25, 0.3) is 0 Å². The number of halogens is 3. The Morgan fingerprint density at radius 2 is 1.62 bits per heavy atom. The quantitative estimate of drug-likeness (QED) is 0.624. The smallest absolute Gasteiger partial charge is 0.342 e. The highest BCUT2D eigenvalue weighted by Gasteiger charge is 2.64. The zero-order chi connectivity index (χ0) is 18.2. The number of hydrogen-bond donors (Lipinski definition) is 1. The predicted octanol–water partition coefficient (Wildman–Crippen LogP) is 5.64. The van der Waals surface area contributed by atoms with Crippen molar-refractivity contribution in [2.75, 3.05) is 0 Å². The molecule has 6 heteroatoms. The van der Waals surface area contributed by atoms with Gasteiger partial charge in [0.2, 0.25) is 0 Å². The summed E-state index contributed by atoms with van der Waals surface area (Å²) >= 11 is 0.431. The number of H-pyrrole nitrogens is 1. The first-order chi connectivity index (χ1) is 12.5. The molecule has 0 bridgehead atoms. The van der Waals surface area contributed by atoms with Gasteiger partial charge < -0.3 is 9.72 Å². The molecular weight excluding hydrogens is 359 g/mol. The molecule has 1 aromatic heterocycles. The minimum atomic E-state index is -3.71. The van der Waals surface area contributed by atoms with Crippen molar-refractivity contribution in [2.24, 2.45) is 0 Å². The van der Waals surface area contributed by atoms with Gasteiger partial charge in [-0.1, -0.05) is 42.5 Å². The first kappa shape index (κ1) is 17.2. The maximum absolute atomic E-state index is 15.1. The highest BCUT2D eigenvalue weighted by atomic mass is 32.2. The van der Waals surface area contributed by atoms with Gasteiger partial charge in [-0.2, -0.15) is 13.2 Å². The molecule has 26 heavy (non-hydrogen) atoms. The summed E-state index contributed by atoms with van der Waals surface area (Å²) in [6.07, 6.45) is 2.41. The Bertz CT molecular complexity index is 913. The van der Waals surface area contributed by atoms with Crippen LogP contribution in [0.1, 0.15) is 22.4 Å². The number of thioether (sulfide) groups is 1. The third kappa shape index (κ3) is 2.93. The molecule has 0 saturated heterocycles. The molecule has 2 heterocycles. The lowest BCUT2D eigenvalue weighted by Crippen LogP contribution is -2.37. The Labute approximate surface area is 153 Å². The third-order valence-corrected chi connectivity index (χ3v) is 5.63. The van der Waals surface area contributed by atoms with E-state index in [1.807, 2.05) is 30.5 Å². The number of nitrogens with one attached hydrogen (secondary N) is 1. The second-order valence-electron chi connectivity index (χ2n) is 6.14. The Morgan fingerprint density at radius 3 is 2.35 bits per heavy atom. The second-order valence-corrected chi connectivity index (χ2v) is 7.31. The van der Waals surface area contributed by atoms with Crippen molar-refractivity contribution < 1.29 is 17.9 Å². The summed E-state index contributed by atoms with van der Waals surface area (Å²) in [6, 6.07) is 16.9. The molecule has 1 aliphatic heterocycles. The number of ether oxygens (including phenoxy) is 1. The highest BCUT2D eigenvalue weighted by molar-refractivity contribution is 8.00. The number of aromatic nitrogens is 1. The van der Waals surface area contributed by atoms with E-state index in [1.165, 1.54) is 18.2 Å². The van der Waals surface area contributed by atoms with Crippen LogP contribution in [0.2, 0.25) is 0 Å². The van der Waals surface area contributed by atoms with Crippen LogP contribution in [0.4, 0.5) is 13.2 Å². The number of benzene rings is 2. The monoisotopic (exact) mass is 375 g/mol. The lowest BCUT2D eigenvalue weighted by Gasteiger charge is -2.26. The number of rotatable bonds is 5. The normalized spacial score (nSPS) is 20.9. The predicted molar refractivity (Wildman–Crippen MR) is 94.9 cm³/mol. The fourth-order valence-electron chi connectivity index (χ4n) is 3.03. The van der Waals surface area contributed by atoms with Crippen LogP contribution in [0, 0.1) is 0 Å². The van der Waals surface area contributed by atoms with Crippen molar-refractivity contribution >= 4 is 11.8 Å². The average molecular weight is 375 g/mol. The van der Waals surface area contributed by atoms with E-state index in [0.717, 1.165) is 11.3 Å². The molecule has 2 nitrogen and oxygen atoms in total. The van der Waals surface area contributed by atoms with Gasteiger partial charge in [-0.3, -0.25) is 0 Å². The molecule has 0 radical (unpaired) electrons. The van der Waals surface area contributed by atoms with E-state index >= 15 is 4.39 Å². The second kappa shape index (κ2) is 6.52.